The summed E-state index contributed by atoms with van der Waals surface area (Å²) >= 11 is 0. The van der Waals surface area contributed by atoms with E-state index in [1.54, 1.807) is 7.11 Å². The number of methoxy groups -OCH3 is 1. The van der Waals surface area contributed by atoms with Crippen LogP contribution in [-0.2, 0) is 0 Å². The van der Waals surface area contributed by atoms with Crippen LogP contribution in [0.15, 0.2) is 12.1 Å². The molecular formula is C13H19NO2. The first-order valence-corrected chi connectivity index (χ1v) is 5.43. The smallest absolute Gasteiger partial charge is 0.164 e. The van der Waals surface area contributed by atoms with Crippen molar-refractivity contribution in [1.29, 1.82) is 0 Å². The monoisotopic (exact) mass is 221 g/mol. The molecule has 0 aliphatic heterocycles. The molecule has 0 fully saturated rings. The highest BCUT2D eigenvalue weighted by molar-refractivity contribution is 5.98. The Balaban J connectivity index is 2.97. The zero-order valence-electron chi connectivity index (χ0n) is 10.4. The Morgan fingerprint density at radius 3 is 2.56 bits per heavy atom. The van der Waals surface area contributed by atoms with Crippen LogP contribution >= 0.6 is 0 Å². The molecule has 0 aromatic heterocycles. The largest absolute Gasteiger partial charge is 0.496 e. The first-order valence-electron chi connectivity index (χ1n) is 5.43. The Bertz CT molecular complexity index is 386. The van der Waals surface area contributed by atoms with Gasteiger partial charge in [0.1, 0.15) is 5.75 Å². The minimum Gasteiger partial charge on any atom is -0.496 e. The van der Waals surface area contributed by atoms with Gasteiger partial charge in [0.2, 0.25) is 0 Å². The summed E-state index contributed by atoms with van der Waals surface area (Å²) in [6.45, 7) is 4.60. The Hall–Kier alpha value is -1.35. The molecule has 0 bridgehead atoms. The normalized spacial score (nSPS) is 10.2. The van der Waals surface area contributed by atoms with Crippen molar-refractivity contribution in [3.8, 4) is 5.75 Å². The third kappa shape index (κ3) is 2.83. The van der Waals surface area contributed by atoms with Crippen LogP contribution in [0.25, 0.3) is 0 Å². The van der Waals surface area contributed by atoms with E-state index in [-0.39, 0.29) is 5.78 Å². The van der Waals surface area contributed by atoms with Gasteiger partial charge in [-0.1, -0.05) is 0 Å². The Morgan fingerprint density at radius 1 is 1.31 bits per heavy atom. The number of carbonyl (C=O) groups is 1. The molecule has 0 atom stereocenters. The molecule has 0 radical (unpaired) electrons. The lowest BCUT2D eigenvalue weighted by Gasteiger charge is -2.10. The van der Waals surface area contributed by atoms with Gasteiger partial charge in [-0.15, -0.1) is 0 Å². The second-order valence-electron chi connectivity index (χ2n) is 3.91. The van der Waals surface area contributed by atoms with Crippen molar-refractivity contribution in [2.75, 3.05) is 20.7 Å². The number of benzene rings is 1. The van der Waals surface area contributed by atoms with E-state index in [9.17, 15) is 4.79 Å². The summed E-state index contributed by atoms with van der Waals surface area (Å²) in [6, 6.07) is 3.83. The van der Waals surface area contributed by atoms with E-state index >= 15 is 0 Å². The van der Waals surface area contributed by atoms with Crippen molar-refractivity contribution < 1.29 is 9.53 Å². The van der Waals surface area contributed by atoms with Crippen molar-refractivity contribution in [3.05, 3.63) is 28.8 Å². The first kappa shape index (κ1) is 12.7. The molecule has 16 heavy (non-hydrogen) atoms. The van der Waals surface area contributed by atoms with Gasteiger partial charge in [-0.05, 0) is 44.2 Å². The predicted octanol–water partition coefficient (Wildman–Crippen LogP) is 2.10. The summed E-state index contributed by atoms with van der Waals surface area (Å²) in [7, 11) is 3.49. The van der Waals surface area contributed by atoms with Crippen molar-refractivity contribution in [2.24, 2.45) is 0 Å². The Kier molecular flexibility index (Phi) is 4.50. The maximum atomic E-state index is 11.9. The number of hydrogen-bond donors (Lipinski definition) is 1. The standard InChI is InChI=1S/C13H19NO2/c1-9-8-13(16-4)10(2)7-11(9)12(15)5-6-14-3/h7-8,14H,5-6H2,1-4H3. The van der Waals surface area contributed by atoms with Gasteiger partial charge in [0.25, 0.3) is 0 Å². The van der Waals surface area contributed by atoms with E-state index in [1.165, 1.54) is 0 Å². The van der Waals surface area contributed by atoms with Crippen molar-refractivity contribution in [3.63, 3.8) is 0 Å². The van der Waals surface area contributed by atoms with Crippen LogP contribution in [0, 0.1) is 13.8 Å². The van der Waals surface area contributed by atoms with Crippen LogP contribution < -0.4 is 10.1 Å². The van der Waals surface area contributed by atoms with E-state index in [4.69, 9.17) is 4.74 Å². The molecule has 3 heteroatoms. The van der Waals surface area contributed by atoms with Crippen LogP contribution in [0.5, 0.6) is 5.75 Å². The number of rotatable bonds is 5. The number of carbonyl (C=O) groups excluding carboxylic acids is 1. The summed E-state index contributed by atoms with van der Waals surface area (Å²) in [5.74, 6) is 1.01. The maximum Gasteiger partial charge on any atom is 0.164 e. The van der Waals surface area contributed by atoms with Gasteiger partial charge in [0, 0.05) is 18.5 Å². The van der Waals surface area contributed by atoms with Gasteiger partial charge >= 0.3 is 0 Å². The lowest BCUT2D eigenvalue weighted by atomic mass is 9.99. The second-order valence-corrected chi connectivity index (χ2v) is 3.91. The lowest BCUT2D eigenvalue weighted by Crippen LogP contribution is -2.14. The Labute approximate surface area is 96.8 Å². The fraction of sp³-hybridized carbons (Fsp3) is 0.462. The highest BCUT2D eigenvalue weighted by atomic mass is 16.5. The zero-order valence-corrected chi connectivity index (χ0v) is 10.4. The van der Waals surface area contributed by atoms with Gasteiger partial charge in [-0.25, -0.2) is 0 Å². The highest BCUT2D eigenvalue weighted by Crippen LogP contribution is 2.23. The molecule has 3 nitrogen and oxygen atoms in total. The van der Waals surface area contributed by atoms with E-state index in [0.29, 0.717) is 13.0 Å². The first-order chi connectivity index (χ1) is 7.60. The summed E-state index contributed by atoms with van der Waals surface area (Å²) in [5, 5.41) is 2.98. The highest BCUT2D eigenvalue weighted by Gasteiger charge is 2.11. The fourth-order valence-corrected chi connectivity index (χ4v) is 1.68. The average Bonchev–Trinajstić information content (AvgIpc) is 2.28. The minimum atomic E-state index is 0.178. The molecule has 88 valence electrons. The average molecular weight is 221 g/mol. The number of aryl methyl sites for hydroxylation is 2. The van der Waals surface area contributed by atoms with Gasteiger partial charge in [-0.2, -0.15) is 0 Å². The SMILES string of the molecule is CNCCC(=O)c1cc(C)c(OC)cc1C. The van der Waals surface area contributed by atoms with Crippen LogP contribution in [0.2, 0.25) is 0 Å². The van der Waals surface area contributed by atoms with Gasteiger partial charge in [0.15, 0.2) is 5.78 Å². The number of hydrogen-bond acceptors (Lipinski definition) is 3. The van der Waals surface area contributed by atoms with E-state index in [2.05, 4.69) is 5.32 Å². The molecule has 1 N–H and O–H groups in total. The molecule has 0 saturated carbocycles. The van der Waals surface area contributed by atoms with Crippen molar-refractivity contribution in [1.82, 2.24) is 5.32 Å². The summed E-state index contributed by atoms with van der Waals surface area (Å²) in [5.41, 5.74) is 2.78. The summed E-state index contributed by atoms with van der Waals surface area (Å²) < 4.78 is 5.22. The molecule has 0 amide bonds. The topological polar surface area (TPSA) is 38.3 Å². The quantitative estimate of drug-likeness (QED) is 0.774. The number of ether oxygens (including phenoxy) is 1. The zero-order chi connectivity index (χ0) is 12.1. The summed E-state index contributed by atoms with van der Waals surface area (Å²) in [4.78, 5) is 11.9. The van der Waals surface area contributed by atoms with Crippen LogP contribution in [0.3, 0.4) is 0 Å². The van der Waals surface area contributed by atoms with Crippen molar-refractivity contribution >= 4 is 5.78 Å². The molecule has 1 rings (SSSR count). The van der Waals surface area contributed by atoms with E-state index in [0.717, 1.165) is 22.4 Å². The maximum absolute atomic E-state index is 11.9. The predicted molar refractivity (Wildman–Crippen MR) is 65.3 cm³/mol. The van der Waals surface area contributed by atoms with E-state index < -0.39 is 0 Å². The third-order valence-corrected chi connectivity index (χ3v) is 2.64. The molecule has 0 heterocycles. The molecule has 1 aromatic rings. The number of ketones is 1. The van der Waals surface area contributed by atoms with Crippen LogP contribution in [0.4, 0.5) is 0 Å². The van der Waals surface area contributed by atoms with Gasteiger partial charge in [-0.3, -0.25) is 4.79 Å². The Morgan fingerprint density at radius 2 is 2.00 bits per heavy atom. The van der Waals surface area contributed by atoms with Crippen LogP contribution in [-0.4, -0.2) is 26.5 Å². The number of Topliss-reactive ketones (excluding diaryl/α,β-unsaturated/α-hetero) is 1. The molecule has 0 saturated heterocycles. The van der Waals surface area contributed by atoms with Crippen LogP contribution in [0.1, 0.15) is 27.9 Å². The third-order valence-electron chi connectivity index (χ3n) is 2.64. The molecule has 0 aliphatic rings. The fourth-order valence-electron chi connectivity index (χ4n) is 1.68. The minimum absolute atomic E-state index is 0.178. The molecule has 0 aliphatic carbocycles. The lowest BCUT2D eigenvalue weighted by molar-refractivity contribution is 0.0982. The van der Waals surface area contributed by atoms with Gasteiger partial charge in [0.05, 0.1) is 7.11 Å². The molecule has 0 unspecified atom stereocenters. The molecule has 0 spiro atoms. The van der Waals surface area contributed by atoms with Crippen molar-refractivity contribution in [2.45, 2.75) is 20.3 Å². The van der Waals surface area contributed by atoms with E-state index in [1.807, 2.05) is 33.0 Å². The molecular weight excluding hydrogens is 202 g/mol. The molecule has 1 aromatic carbocycles. The van der Waals surface area contributed by atoms with Gasteiger partial charge < -0.3 is 10.1 Å². The summed E-state index contributed by atoms with van der Waals surface area (Å²) in [6.07, 6.45) is 0.531. The number of nitrogens with one attached hydrogen (secondary N) is 1. The second kappa shape index (κ2) is 5.66.